The average Bonchev–Trinajstić information content (AvgIpc) is 2.71. The molecular weight excluding hydrogens is 377 g/mol. The summed E-state index contributed by atoms with van der Waals surface area (Å²) >= 11 is 0. The lowest BCUT2D eigenvalue weighted by atomic mass is 10.1. The van der Waals surface area contributed by atoms with Crippen molar-refractivity contribution in [3.63, 3.8) is 0 Å². The van der Waals surface area contributed by atoms with Gasteiger partial charge in [-0.15, -0.1) is 0 Å². The predicted octanol–water partition coefficient (Wildman–Crippen LogP) is 3.73. The van der Waals surface area contributed by atoms with E-state index in [4.69, 9.17) is 14.2 Å². The smallest absolute Gasteiger partial charge is 0.338 e. The lowest BCUT2D eigenvalue weighted by molar-refractivity contribution is -0.124. The van der Waals surface area contributed by atoms with Crippen molar-refractivity contribution in [1.82, 2.24) is 5.32 Å². The second-order valence-corrected chi connectivity index (χ2v) is 6.84. The zero-order chi connectivity index (χ0) is 21.2. The molecule has 29 heavy (non-hydrogen) atoms. The van der Waals surface area contributed by atoms with Crippen LogP contribution in [0.2, 0.25) is 0 Å². The summed E-state index contributed by atoms with van der Waals surface area (Å²) in [5.74, 6) is -0.146. The first-order chi connectivity index (χ1) is 13.9. The molecule has 6 nitrogen and oxygen atoms in total. The third-order valence-electron chi connectivity index (χ3n) is 4.12. The molecule has 0 saturated carbocycles. The van der Waals surface area contributed by atoms with E-state index in [0.717, 1.165) is 6.42 Å². The van der Waals surface area contributed by atoms with Gasteiger partial charge < -0.3 is 19.5 Å². The van der Waals surface area contributed by atoms with Crippen LogP contribution >= 0.6 is 0 Å². The second kappa shape index (κ2) is 11.0. The van der Waals surface area contributed by atoms with E-state index in [1.165, 1.54) is 19.2 Å². The van der Waals surface area contributed by atoms with E-state index >= 15 is 0 Å². The van der Waals surface area contributed by atoms with Crippen LogP contribution in [0.1, 0.15) is 36.2 Å². The van der Waals surface area contributed by atoms with Crippen molar-refractivity contribution >= 4 is 11.9 Å². The first kappa shape index (κ1) is 22.2. The first-order valence-electron chi connectivity index (χ1n) is 9.38. The number of benzene rings is 2. The van der Waals surface area contributed by atoms with E-state index < -0.39 is 24.3 Å². The van der Waals surface area contributed by atoms with Gasteiger partial charge in [0.1, 0.15) is 5.82 Å². The van der Waals surface area contributed by atoms with Crippen molar-refractivity contribution in [2.75, 3.05) is 20.3 Å². The van der Waals surface area contributed by atoms with Crippen molar-refractivity contribution in [2.45, 2.75) is 26.8 Å². The maximum atomic E-state index is 13.5. The maximum Gasteiger partial charge on any atom is 0.338 e. The number of nitrogens with one attached hydrogen (secondary N) is 1. The molecule has 0 aliphatic carbocycles. The Morgan fingerprint density at radius 2 is 1.86 bits per heavy atom. The van der Waals surface area contributed by atoms with E-state index in [-0.39, 0.29) is 12.1 Å². The topological polar surface area (TPSA) is 73.9 Å². The lowest BCUT2D eigenvalue weighted by Gasteiger charge is -2.13. The van der Waals surface area contributed by atoms with Gasteiger partial charge in [-0.25, -0.2) is 9.18 Å². The molecule has 0 bridgehead atoms. The SMILES string of the molecule is COc1cc(C(=O)OCC(=O)NCc2ccccc2F)ccc1OCCC(C)C. The van der Waals surface area contributed by atoms with E-state index in [1.807, 2.05) is 0 Å². The zero-order valence-electron chi connectivity index (χ0n) is 16.9. The summed E-state index contributed by atoms with van der Waals surface area (Å²) in [7, 11) is 1.48. The van der Waals surface area contributed by atoms with Gasteiger partial charge >= 0.3 is 5.97 Å². The minimum absolute atomic E-state index is 0.0132. The Balaban J connectivity index is 1.86. The number of rotatable bonds is 10. The van der Waals surface area contributed by atoms with Gasteiger partial charge in [0.2, 0.25) is 0 Å². The van der Waals surface area contributed by atoms with E-state index in [2.05, 4.69) is 19.2 Å². The minimum Gasteiger partial charge on any atom is -0.493 e. The molecule has 2 rings (SSSR count). The van der Waals surface area contributed by atoms with Gasteiger partial charge in [-0.05, 0) is 36.6 Å². The van der Waals surface area contributed by atoms with E-state index in [9.17, 15) is 14.0 Å². The van der Waals surface area contributed by atoms with Gasteiger partial charge in [0.05, 0.1) is 19.3 Å². The molecule has 2 aromatic carbocycles. The lowest BCUT2D eigenvalue weighted by Crippen LogP contribution is -2.28. The molecule has 156 valence electrons. The number of carbonyl (C=O) groups excluding carboxylic acids is 2. The Bertz CT molecular complexity index is 838. The first-order valence-corrected chi connectivity index (χ1v) is 9.38. The number of ether oxygens (including phenoxy) is 3. The molecular formula is C22H26FNO5. The Hall–Kier alpha value is -3.09. The molecule has 0 atom stereocenters. The van der Waals surface area contributed by atoms with Crippen LogP contribution in [-0.4, -0.2) is 32.2 Å². The molecule has 1 N–H and O–H groups in total. The number of hydrogen-bond acceptors (Lipinski definition) is 5. The molecule has 1 amide bonds. The standard InChI is InChI=1S/C22H26FNO5/c1-15(2)10-11-28-19-9-8-16(12-20(19)27-3)22(26)29-14-21(25)24-13-17-6-4-5-7-18(17)23/h4-9,12,15H,10-11,13-14H2,1-3H3,(H,24,25). The number of hydrogen-bond donors (Lipinski definition) is 1. The summed E-state index contributed by atoms with van der Waals surface area (Å²) in [5.41, 5.74) is 0.588. The molecule has 0 aliphatic heterocycles. The summed E-state index contributed by atoms with van der Waals surface area (Å²) in [6.07, 6.45) is 0.898. The summed E-state index contributed by atoms with van der Waals surface area (Å²) in [6, 6.07) is 10.8. The molecule has 0 radical (unpaired) electrons. The highest BCUT2D eigenvalue weighted by molar-refractivity contribution is 5.92. The normalized spacial score (nSPS) is 10.5. The number of halogens is 1. The minimum atomic E-state index is -0.668. The summed E-state index contributed by atoms with van der Waals surface area (Å²) in [4.78, 5) is 24.1. The highest BCUT2D eigenvalue weighted by Gasteiger charge is 2.14. The fourth-order valence-electron chi connectivity index (χ4n) is 2.42. The summed E-state index contributed by atoms with van der Waals surface area (Å²) in [6.45, 7) is 4.29. The van der Waals surface area contributed by atoms with Crippen LogP contribution < -0.4 is 14.8 Å². The van der Waals surface area contributed by atoms with Crippen molar-refractivity contribution in [1.29, 1.82) is 0 Å². The maximum absolute atomic E-state index is 13.5. The third kappa shape index (κ3) is 7.10. The molecule has 0 aromatic heterocycles. The molecule has 0 spiro atoms. The summed E-state index contributed by atoms with van der Waals surface area (Å²) < 4.78 is 29.5. The fraction of sp³-hybridized carbons (Fsp3) is 0.364. The Kier molecular flexibility index (Phi) is 8.45. The van der Waals surface area contributed by atoms with Gasteiger partial charge in [0.15, 0.2) is 18.1 Å². The Morgan fingerprint density at radius 3 is 2.55 bits per heavy atom. The van der Waals surface area contributed by atoms with Gasteiger partial charge in [-0.2, -0.15) is 0 Å². The van der Waals surface area contributed by atoms with Crippen LogP contribution in [0.4, 0.5) is 4.39 Å². The molecule has 0 heterocycles. The monoisotopic (exact) mass is 403 g/mol. The van der Waals surface area contributed by atoms with Crippen LogP contribution in [0.15, 0.2) is 42.5 Å². The van der Waals surface area contributed by atoms with E-state index in [1.54, 1.807) is 30.3 Å². The molecule has 0 saturated heterocycles. The van der Waals surface area contributed by atoms with E-state index in [0.29, 0.717) is 29.6 Å². The predicted molar refractivity (Wildman–Crippen MR) is 106 cm³/mol. The van der Waals surface area contributed by atoms with Crippen LogP contribution in [0.25, 0.3) is 0 Å². The largest absolute Gasteiger partial charge is 0.493 e. The molecule has 2 aromatic rings. The molecule has 0 unspecified atom stereocenters. The number of carbonyl (C=O) groups is 2. The Labute approximate surface area is 170 Å². The van der Waals surface area contributed by atoms with Crippen LogP contribution in [-0.2, 0) is 16.1 Å². The van der Waals surface area contributed by atoms with Crippen molar-refractivity contribution < 1.29 is 28.2 Å². The number of methoxy groups -OCH3 is 1. The van der Waals surface area contributed by atoms with Crippen molar-refractivity contribution in [3.8, 4) is 11.5 Å². The van der Waals surface area contributed by atoms with Crippen molar-refractivity contribution in [2.24, 2.45) is 5.92 Å². The summed E-state index contributed by atoms with van der Waals surface area (Å²) in [5, 5.41) is 2.51. The molecule has 0 aliphatic rings. The zero-order valence-corrected chi connectivity index (χ0v) is 16.9. The molecule has 7 heteroatoms. The Morgan fingerprint density at radius 1 is 1.10 bits per heavy atom. The van der Waals surface area contributed by atoms with Crippen molar-refractivity contribution in [3.05, 3.63) is 59.4 Å². The fourth-order valence-corrected chi connectivity index (χ4v) is 2.42. The highest BCUT2D eigenvalue weighted by atomic mass is 19.1. The van der Waals surface area contributed by atoms with Gasteiger partial charge in [-0.1, -0.05) is 32.0 Å². The van der Waals surface area contributed by atoms with Crippen LogP contribution in [0.3, 0.4) is 0 Å². The van der Waals surface area contributed by atoms with Gasteiger partial charge in [0, 0.05) is 12.1 Å². The molecule has 0 fully saturated rings. The highest BCUT2D eigenvalue weighted by Crippen LogP contribution is 2.28. The van der Waals surface area contributed by atoms with Gasteiger partial charge in [0.25, 0.3) is 5.91 Å². The van der Waals surface area contributed by atoms with Crippen LogP contribution in [0.5, 0.6) is 11.5 Å². The average molecular weight is 403 g/mol. The second-order valence-electron chi connectivity index (χ2n) is 6.84. The number of amides is 1. The third-order valence-corrected chi connectivity index (χ3v) is 4.12. The van der Waals surface area contributed by atoms with Gasteiger partial charge in [-0.3, -0.25) is 4.79 Å². The number of esters is 1. The van der Waals surface area contributed by atoms with Crippen LogP contribution in [0, 0.1) is 11.7 Å². The quantitative estimate of drug-likeness (QED) is 0.612.